The van der Waals surface area contributed by atoms with Gasteiger partial charge in [-0.05, 0) is 148 Å². The average molecular weight is 1270 g/mol. The molecule has 0 aliphatic heterocycles. The Morgan fingerprint density at radius 1 is 0.470 bits per heavy atom. The van der Waals surface area contributed by atoms with Crippen LogP contribution in [0.3, 0.4) is 0 Å². The van der Waals surface area contributed by atoms with Gasteiger partial charge in [0.15, 0.2) is 0 Å². The molecule has 7 heteroatoms. The van der Waals surface area contributed by atoms with Gasteiger partial charge in [-0.2, -0.15) is 12.1 Å². The van der Waals surface area contributed by atoms with E-state index in [0.717, 1.165) is 55.7 Å². The van der Waals surface area contributed by atoms with E-state index in [0.29, 0.717) is 11.5 Å². The summed E-state index contributed by atoms with van der Waals surface area (Å²) >= 11 is 0. The van der Waals surface area contributed by atoms with E-state index in [1.54, 1.807) is 6.20 Å². The van der Waals surface area contributed by atoms with E-state index in [9.17, 15) is 0 Å². The number of pyridine rings is 1. The van der Waals surface area contributed by atoms with Gasteiger partial charge in [0.05, 0.1) is 28.3 Å². The van der Waals surface area contributed by atoms with Gasteiger partial charge in [0.2, 0.25) is 0 Å². The molecule has 0 unspecified atom stereocenters. The SMILES string of the molecule is CC(C)(C)c1cc[c-]c(-c2nccc(C(C)(C)C)n2)n1.CC(C)c1cc(-c2ccc(-c3cc(C(C)(C)C)cc(C(C)(C)C)c3)cc2)cc(C(C)C)c1-n1c(-c2[c-]ccc3c2oc2cc4c(ccc5ccccc54)cc23)nc2ccccc21.[Ir]. The van der Waals surface area contributed by atoms with Crippen LogP contribution >= 0.6 is 0 Å². The summed E-state index contributed by atoms with van der Waals surface area (Å²) in [5.74, 6) is 1.95. The zero-order valence-corrected chi connectivity index (χ0v) is 53.6. The monoisotopic (exact) mass is 1270 g/mol. The van der Waals surface area contributed by atoms with Gasteiger partial charge in [-0.3, -0.25) is 19.9 Å². The molecule has 8 aromatic carbocycles. The number of hydrogen-bond donors (Lipinski definition) is 0. The van der Waals surface area contributed by atoms with Crippen LogP contribution in [-0.2, 0) is 41.8 Å². The molecule has 0 fully saturated rings. The zero-order valence-electron chi connectivity index (χ0n) is 51.2. The minimum absolute atomic E-state index is 0. The van der Waals surface area contributed by atoms with Crippen LogP contribution in [-0.4, -0.2) is 24.5 Å². The summed E-state index contributed by atoms with van der Waals surface area (Å²) in [6.07, 6.45) is 1.79. The molecule has 0 bridgehead atoms. The third-order valence-electron chi connectivity index (χ3n) is 16.0. The van der Waals surface area contributed by atoms with E-state index in [-0.39, 0.29) is 53.6 Å². The fourth-order valence-electron chi connectivity index (χ4n) is 11.1. The number of furan rings is 1. The first kappa shape index (κ1) is 58.6. The second-order valence-corrected chi connectivity index (χ2v) is 27.1. The standard InChI is InChI=1S/C59H55N2O.C17H22N3.Ir/c1-35(2)48-31-42(38-24-22-37(23-25-38)41-28-43(58(5,6)7)33-44(29-41)59(8,9)10)32-49(36(3)4)55(48)61-53-21-14-13-20-52(53)60-57(61)47-19-15-18-46-51-30-40-27-26-39-16-11-12-17-45(39)50(40)34-54(51)62-56(46)47;1-16(2,3)13-9-7-8-12(19-13)15-18-11-10-14(20-15)17(4,5)6;/h11-18,20-36H,1-10H3;7,9-11H,1-6H3;/q2*-1;. The van der Waals surface area contributed by atoms with Gasteiger partial charge in [-0.1, -0.05) is 213 Å². The van der Waals surface area contributed by atoms with Crippen molar-refractivity contribution in [2.45, 2.75) is 144 Å². The number of benzene rings is 8. The Morgan fingerprint density at radius 2 is 1.05 bits per heavy atom. The molecule has 4 heterocycles. The van der Waals surface area contributed by atoms with Crippen molar-refractivity contribution in [2.24, 2.45) is 0 Å². The Morgan fingerprint density at radius 3 is 1.67 bits per heavy atom. The fraction of sp³-hybridized carbons (Fsp3) is 0.289. The van der Waals surface area contributed by atoms with Crippen molar-refractivity contribution < 1.29 is 24.5 Å². The fourth-order valence-corrected chi connectivity index (χ4v) is 11.1. The topological polar surface area (TPSA) is 69.6 Å². The van der Waals surface area contributed by atoms with Crippen molar-refractivity contribution in [2.75, 3.05) is 0 Å². The van der Waals surface area contributed by atoms with E-state index in [4.69, 9.17) is 9.40 Å². The quantitative estimate of drug-likeness (QED) is 0.117. The molecule has 423 valence electrons. The predicted octanol–water partition coefficient (Wildman–Crippen LogP) is 20.8. The number of fused-ring (bicyclic) bond motifs is 7. The summed E-state index contributed by atoms with van der Waals surface area (Å²) < 4.78 is 9.31. The second-order valence-electron chi connectivity index (χ2n) is 27.1. The maximum absolute atomic E-state index is 6.92. The van der Waals surface area contributed by atoms with E-state index < -0.39 is 0 Å². The van der Waals surface area contributed by atoms with Gasteiger partial charge in [-0.25, -0.2) is 0 Å². The maximum Gasteiger partial charge on any atom is 0.121 e. The van der Waals surface area contributed by atoms with E-state index >= 15 is 0 Å². The summed E-state index contributed by atoms with van der Waals surface area (Å²) in [5.41, 5.74) is 18.8. The summed E-state index contributed by atoms with van der Waals surface area (Å²) in [6.45, 7) is 35.9. The van der Waals surface area contributed by atoms with E-state index in [1.165, 1.54) is 71.7 Å². The van der Waals surface area contributed by atoms with Crippen molar-refractivity contribution in [3.05, 3.63) is 210 Å². The molecule has 0 aliphatic rings. The molecule has 6 nitrogen and oxygen atoms in total. The molecule has 0 saturated carbocycles. The van der Waals surface area contributed by atoms with E-state index in [1.807, 2.05) is 24.3 Å². The Balaban J connectivity index is 0.000000311. The Hall–Kier alpha value is -7.57. The van der Waals surface area contributed by atoms with Gasteiger partial charge in [0, 0.05) is 48.5 Å². The van der Waals surface area contributed by atoms with Gasteiger partial charge >= 0.3 is 0 Å². The molecule has 12 aromatic rings. The molecular weight excluding hydrogens is 1190 g/mol. The Kier molecular flexibility index (Phi) is 15.7. The summed E-state index contributed by atoms with van der Waals surface area (Å²) in [5, 5.41) is 6.99. The van der Waals surface area contributed by atoms with Crippen LogP contribution in [0.5, 0.6) is 0 Å². The van der Waals surface area contributed by atoms with Crippen LogP contribution in [0.1, 0.15) is 156 Å². The molecule has 12 rings (SSSR count). The van der Waals surface area contributed by atoms with Crippen molar-refractivity contribution >= 4 is 54.5 Å². The van der Waals surface area contributed by atoms with Gasteiger partial charge in [-0.15, -0.1) is 24.3 Å². The first-order valence-electron chi connectivity index (χ1n) is 29.2. The number of para-hydroxylation sites is 2. The zero-order chi connectivity index (χ0) is 58.2. The van der Waals surface area contributed by atoms with Crippen LogP contribution in [0.2, 0.25) is 0 Å². The predicted molar refractivity (Wildman–Crippen MR) is 346 cm³/mol. The third-order valence-corrected chi connectivity index (χ3v) is 16.0. The van der Waals surface area contributed by atoms with Crippen molar-refractivity contribution in [3.63, 3.8) is 0 Å². The molecule has 0 N–H and O–H groups in total. The first-order chi connectivity index (χ1) is 38.8. The number of nitrogens with zero attached hydrogens (tertiary/aromatic N) is 5. The normalized spacial score (nSPS) is 12.5. The van der Waals surface area contributed by atoms with Crippen molar-refractivity contribution in [1.29, 1.82) is 0 Å². The summed E-state index contributed by atoms with van der Waals surface area (Å²) in [4.78, 5) is 19.0. The number of rotatable bonds is 7. The molecule has 1 radical (unpaired) electrons. The molecule has 4 aromatic heterocycles. The number of imidazole rings is 1. The van der Waals surface area contributed by atoms with Crippen molar-refractivity contribution in [3.8, 4) is 50.8 Å². The van der Waals surface area contributed by atoms with Gasteiger partial charge in [0.1, 0.15) is 5.58 Å². The summed E-state index contributed by atoms with van der Waals surface area (Å²) in [6, 6.07) is 64.0. The second kappa shape index (κ2) is 22.2. The Labute approximate surface area is 505 Å². The van der Waals surface area contributed by atoms with E-state index in [2.05, 4.69) is 276 Å². The molecule has 0 aliphatic carbocycles. The third kappa shape index (κ3) is 11.6. The Bertz CT molecular complexity index is 4260. The van der Waals surface area contributed by atoms with Crippen LogP contribution in [0.25, 0.3) is 105 Å². The smallest absolute Gasteiger partial charge is 0.121 e. The first-order valence-corrected chi connectivity index (χ1v) is 29.2. The van der Waals surface area contributed by atoms with Gasteiger partial charge in [0.25, 0.3) is 0 Å². The van der Waals surface area contributed by atoms with Crippen LogP contribution in [0, 0.1) is 12.1 Å². The van der Waals surface area contributed by atoms with Gasteiger partial charge < -0.3 is 8.98 Å². The largest absolute Gasteiger partial charge is 0.501 e. The average Bonchev–Trinajstić information content (AvgIpc) is 2.72. The van der Waals surface area contributed by atoms with Crippen LogP contribution < -0.4 is 0 Å². The molecule has 0 saturated heterocycles. The maximum atomic E-state index is 6.92. The molecule has 83 heavy (non-hydrogen) atoms. The summed E-state index contributed by atoms with van der Waals surface area (Å²) in [7, 11) is 0. The van der Waals surface area contributed by atoms with Crippen LogP contribution in [0.15, 0.2) is 168 Å². The molecule has 0 amide bonds. The van der Waals surface area contributed by atoms with Crippen molar-refractivity contribution in [1.82, 2.24) is 24.5 Å². The van der Waals surface area contributed by atoms with Crippen LogP contribution in [0.4, 0.5) is 0 Å². The molecular formula is C76H77IrN5O-2. The number of hydrogen-bond acceptors (Lipinski definition) is 5. The molecule has 0 atom stereocenters. The minimum Gasteiger partial charge on any atom is -0.501 e. The number of aromatic nitrogens is 5. The minimum atomic E-state index is -0.000667. The molecule has 0 spiro atoms.